The molecule has 3 heteroatoms. The lowest BCUT2D eigenvalue weighted by Gasteiger charge is -2.00. The van der Waals surface area contributed by atoms with E-state index in [1.807, 2.05) is 0 Å². The number of hydrogen-bond donors (Lipinski definition) is 0. The summed E-state index contributed by atoms with van der Waals surface area (Å²) in [6, 6.07) is 0. The van der Waals surface area contributed by atoms with Crippen LogP contribution in [0.5, 0.6) is 0 Å². The minimum atomic E-state index is -2.50. The van der Waals surface area contributed by atoms with Crippen molar-refractivity contribution in [2.45, 2.75) is 32.4 Å². The van der Waals surface area contributed by atoms with E-state index in [1.54, 1.807) is 6.92 Å². The average molecular weight is 126 g/mol. The summed E-state index contributed by atoms with van der Waals surface area (Å²) < 4.78 is 34.4. The van der Waals surface area contributed by atoms with Gasteiger partial charge in [-0.05, 0) is 6.42 Å². The maximum absolute atomic E-state index is 11.9. The summed E-state index contributed by atoms with van der Waals surface area (Å²) >= 11 is 0. The van der Waals surface area contributed by atoms with E-state index < -0.39 is 19.0 Å². The van der Waals surface area contributed by atoms with E-state index in [0.29, 0.717) is 0 Å². The van der Waals surface area contributed by atoms with Crippen molar-refractivity contribution < 1.29 is 13.2 Å². The first-order valence-corrected chi connectivity index (χ1v) is 2.59. The van der Waals surface area contributed by atoms with Crippen LogP contribution in [0, 0.1) is 0 Å². The molecule has 0 aromatic heterocycles. The number of halogens is 3. The predicted octanol–water partition coefficient (Wildman–Crippen LogP) is 2.39. The zero-order valence-electron chi connectivity index (χ0n) is 4.70. The second-order valence-electron chi connectivity index (χ2n) is 1.63. The van der Waals surface area contributed by atoms with Gasteiger partial charge in [0.25, 0.3) is 0 Å². The van der Waals surface area contributed by atoms with Gasteiger partial charge in [-0.25, -0.2) is 13.2 Å². The van der Waals surface area contributed by atoms with E-state index in [-0.39, 0.29) is 6.42 Å². The minimum Gasteiger partial charge on any atom is -0.247 e. The van der Waals surface area contributed by atoms with Gasteiger partial charge in [-0.15, -0.1) is 0 Å². The molecule has 0 N–H and O–H groups in total. The molecule has 0 radical (unpaired) electrons. The third-order valence-electron chi connectivity index (χ3n) is 0.877. The van der Waals surface area contributed by atoms with Crippen LogP contribution in [0.25, 0.3) is 0 Å². The average Bonchev–Trinajstić information content (AvgIpc) is 1.65. The van der Waals surface area contributed by atoms with Gasteiger partial charge >= 0.3 is 0 Å². The Kier molecular flexibility index (Phi) is 3.65. The number of hydrogen-bond acceptors (Lipinski definition) is 0. The lowest BCUT2D eigenvalue weighted by molar-refractivity contribution is 0.0991. The molecule has 0 amide bonds. The Morgan fingerprint density at radius 2 is 1.75 bits per heavy atom. The molecular weight excluding hydrogens is 117 g/mol. The summed E-state index contributed by atoms with van der Waals surface area (Å²) in [5, 5.41) is 0. The molecule has 0 spiro atoms. The first-order chi connectivity index (χ1) is 3.66. The Morgan fingerprint density at radius 1 is 1.25 bits per heavy atom. The Bertz CT molecular complexity index is 53.6. The fraction of sp³-hybridized carbons (Fsp3) is 1.00. The van der Waals surface area contributed by atoms with Crippen LogP contribution in [0.2, 0.25) is 0 Å². The molecule has 1 atom stereocenters. The van der Waals surface area contributed by atoms with Gasteiger partial charge in [0.1, 0.15) is 6.17 Å². The molecule has 0 aliphatic carbocycles. The fourth-order valence-electron chi connectivity index (χ4n) is 0.360. The largest absolute Gasteiger partial charge is 0.247 e. The van der Waals surface area contributed by atoms with Crippen molar-refractivity contribution in [3.63, 3.8) is 0 Å². The molecular formula is C5H9F3. The maximum atomic E-state index is 11.9. The molecule has 0 saturated heterocycles. The second kappa shape index (κ2) is 3.75. The van der Waals surface area contributed by atoms with E-state index in [9.17, 15) is 13.2 Å². The Morgan fingerprint density at radius 3 is 1.88 bits per heavy atom. The maximum Gasteiger partial charge on any atom is 0.241 e. The summed E-state index contributed by atoms with van der Waals surface area (Å²) in [5.41, 5.74) is 0. The van der Waals surface area contributed by atoms with Gasteiger partial charge < -0.3 is 0 Å². The molecule has 0 aromatic rings. The van der Waals surface area contributed by atoms with Crippen molar-refractivity contribution in [3.05, 3.63) is 0 Å². The number of alkyl halides is 3. The standard InChI is InChI=1S/C5H9F3/c1-2-4(6)3-5(7)8/h4-5H,2-3H2,1H3/t4-/m0/s1. The van der Waals surface area contributed by atoms with Crippen LogP contribution in [-0.4, -0.2) is 12.6 Å². The van der Waals surface area contributed by atoms with E-state index >= 15 is 0 Å². The predicted molar refractivity (Wildman–Crippen MR) is 25.8 cm³/mol. The van der Waals surface area contributed by atoms with Crippen molar-refractivity contribution >= 4 is 0 Å². The molecule has 0 nitrogen and oxygen atoms in total. The van der Waals surface area contributed by atoms with Crippen LogP contribution in [0.3, 0.4) is 0 Å². The molecule has 0 fully saturated rings. The van der Waals surface area contributed by atoms with E-state index in [2.05, 4.69) is 0 Å². The van der Waals surface area contributed by atoms with Crippen molar-refractivity contribution in [1.29, 1.82) is 0 Å². The van der Waals surface area contributed by atoms with Gasteiger partial charge in [0.15, 0.2) is 0 Å². The van der Waals surface area contributed by atoms with Gasteiger partial charge in [-0.2, -0.15) is 0 Å². The summed E-state index contributed by atoms with van der Waals surface area (Å²) in [4.78, 5) is 0. The Labute approximate surface area is 46.7 Å². The normalized spacial score (nSPS) is 14.6. The van der Waals surface area contributed by atoms with Gasteiger partial charge in [0, 0.05) is 6.42 Å². The first-order valence-electron chi connectivity index (χ1n) is 2.59. The zero-order valence-corrected chi connectivity index (χ0v) is 4.70. The fourth-order valence-corrected chi connectivity index (χ4v) is 0.360. The summed E-state index contributed by atoms with van der Waals surface area (Å²) in [6.07, 6.45) is -4.25. The number of rotatable bonds is 3. The molecule has 0 aromatic carbocycles. The quantitative estimate of drug-likeness (QED) is 0.544. The van der Waals surface area contributed by atoms with Crippen molar-refractivity contribution in [3.8, 4) is 0 Å². The molecule has 0 unspecified atom stereocenters. The van der Waals surface area contributed by atoms with E-state index in [1.165, 1.54) is 0 Å². The van der Waals surface area contributed by atoms with Crippen LogP contribution in [0.1, 0.15) is 19.8 Å². The third-order valence-corrected chi connectivity index (χ3v) is 0.877. The molecule has 0 saturated carbocycles. The molecule has 8 heavy (non-hydrogen) atoms. The van der Waals surface area contributed by atoms with E-state index in [0.717, 1.165) is 0 Å². The van der Waals surface area contributed by atoms with Gasteiger partial charge in [-0.3, -0.25) is 0 Å². The van der Waals surface area contributed by atoms with Crippen molar-refractivity contribution in [2.75, 3.05) is 0 Å². The van der Waals surface area contributed by atoms with Gasteiger partial charge in [-0.1, -0.05) is 6.92 Å². The lowest BCUT2D eigenvalue weighted by Crippen LogP contribution is -2.03. The SMILES string of the molecule is CC[C@H](F)CC(F)F. The minimum absolute atomic E-state index is 0.185. The van der Waals surface area contributed by atoms with Gasteiger partial charge in [0.2, 0.25) is 6.43 Å². The van der Waals surface area contributed by atoms with Crippen LogP contribution < -0.4 is 0 Å². The lowest BCUT2D eigenvalue weighted by atomic mass is 10.2. The first kappa shape index (κ1) is 7.79. The highest BCUT2D eigenvalue weighted by atomic mass is 19.3. The van der Waals surface area contributed by atoms with Crippen LogP contribution >= 0.6 is 0 Å². The highest BCUT2D eigenvalue weighted by Gasteiger charge is 2.10. The van der Waals surface area contributed by atoms with Crippen LogP contribution in [0.4, 0.5) is 13.2 Å². The van der Waals surface area contributed by atoms with E-state index in [4.69, 9.17) is 0 Å². The molecule has 0 rings (SSSR count). The summed E-state index contributed by atoms with van der Waals surface area (Å²) in [5.74, 6) is 0. The molecule has 0 heterocycles. The molecule has 0 bridgehead atoms. The topological polar surface area (TPSA) is 0 Å². The third kappa shape index (κ3) is 3.96. The Balaban J connectivity index is 3.10. The van der Waals surface area contributed by atoms with Crippen molar-refractivity contribution in [2.24, 2.45) is 0 Å². The second-order valence-corrected chi connectivity index (χ2v) is 1.63. The molecule has 50 valence electrons. The van der Waals surface area contributed by atoms with Crippen LogP contribution in [-0.2, 0) is 0 Å². The molecule has 0 aliphatic rings. The monoisotopic (exact) mass is 126 g/mol. The highest BCUT2D eigenvalue weighted by Crippen LogP contribution is 2.09. The van der Waals surface area contributed by atoms with Crippen LogP contribution in [0.15, 0.2) is 0 Å². The summed E-state index contributed by atoms with van der Waals surface area (Å²) in [6.45, 7) is 1.55. The van der Waals surface area contributed by atoms with Crippen molar-refractivity contribution in [1.82, 2.24) is 0 Å². The zero-order chi connectivity index (χ0) is 6.57. The summed E-state index contributed by atoms with van der Waals surface area (Å²) in [7, 11) is 0. The molecule has 0 aliphatic heterocycles. The highest BCUT2D eigenvalue weighted by molar-refractivity contribution is 4.52. The smallest absolute Gasteiger partial charge is 0.241 e. The van der Waals surface area contributed by atoms with Gasteiger partial charge in [0.05, 0.1) is 0 Å². The Hall–Kier alpha value is -0.210.